The molecule has 0 spiro atoms. The predicted octanol–water partition coefficient (Wildman–Crippen LogP) is 2.12. The van der Waals surface area contributed by atoms with Crippen molar-refractivity contribution in [3.8, 4) is 0 Å². The van der Waals surface area contributed by atoms with E-state index in [1.807, 2.05) is 37.3 Å². The second kappa shape index (κ2) is 7.49. The molecule has 0 aliphatic heterocycles. The fraction of sp³-hybridized carbons (Fsp3) is 0.444. The summed E-state index contributed by atoms with van der Waals surface area (Å²) in [7, 11) is 1.78. The summed E-state index contributed by atoms with van der Waals surface area (Å²) in [5.41, 5.74) is 0.670. The van der Waals surface area contributed by atoms with Crippen LogP contribution in [0.3, 0.4) is 0 Å². The maximum Gasteiger partial charge on any atom is 0.315 e. The molecule has 6 nitrogen and oxygen atoms in total. The second-order valence-corrected chi connectivity index (χ2v) is 6.49. The Morgan fingerprint density at radius 3 is 2.58 bits per heavy atom. The summed E-state index contributed by atoms with van der Waals surface area (Å²) in [6.07, 6.45) is 3.33. The molecule has 2 aromatic rings. The number of aryl methyl sites for hydroxylation is 1. The zero-order valence-corrected chi connectivity index (χ0v) is 14.7. The van der Waals surface area contributed by atoms with Crippen molar-refractivity contribution in [2.24, 2.45) is 7.05 Å². The van der Waals surface area contributed by atoms with E-state index in [1.54, 1.807) is 31.0 Å². The van der Waals surface area contributed by atoms with E-state index in [9.17, 15) is 9.90 Å². The molecule has 2 amide bonds. The number of nitrogens with zero attached hydrogens (tertiary/aromatic N) is 2. The van der Waals surface area contributed by atoms with E-state index in [-0.39, 0.29) is 24.5 Å². The number of aliphatic hydroxyl groups is 1. The number of benzene rings is 1. The lowest BCUT2D eigenvalue weighted by atomic mass is 9.94. The molecular formula is C18H26N4O2. The largest absolute Gasteiger partial charge is 0.383 e. The Labute approximate surface area is 142 Å². The summed E-state index contributed by atoms with van der Waals surface area (Å²) in [6.45, 7) is 5.81. The number of carbonyl (C=O) groups is 1. The van der Waals surface area contributed by atoms with E-state index >= 15 is 0 Å². The summed E-state index contributed by atoms with van der Waals surface area (Å²) < 4.78 is 1.62. The minimum atomic E-state index is -1.17. The third-order valence-corrected chi connectivity index (χ3v) is 4.35. The van der Waals surface area contributed by atoms with Crippen LogP contribution in [0.4, 0.5) is 4.79 Å². The van der Waals surface area contributed by atoms with Gasteiger partial charge in [-0.2, -0.15) is 5.10 Å². The monoisotopic (exact) mass is 330 g/mol. The average Bonchev–Trinajstić information content (AvgIpc) is 3.00. The summed E-state index contributed by atoms with van der Waals surface area (Å²) in [6, 6.07) is 9.72. The van der Waals surface area contributed by atoms with Crippen LogP contribution in [0.2, 0.25) is 0 Å². The smallest absolute Gasteiger partial charge is 0.315 e. The number of nitrogens with one attached hydrogen (secondary N) is 2. The zero-order chi connectivity index (χ0) is 17.7. The number of hydrogen-bond acceptors (Lipinski definition) is 3. The van der Waals surface area contributed by atoms with Crippen molar-refractivity contribution in [3.05, 3.63) is 53.9 Å². The molecule has 6 heteroatoms. The van der Waals surface area contributed by atoms with Crippen molar-refractivity contribution in [1.29, 1.82) is 0 Å². The number of rotatable bonds is 6. The fourth-order valence-electron chi connectivity index (χ4n) is 2.48. The first-order chi connectivity index (χ1) is 11.3. The molecule has 0 saturated heterocycles. The van der Waals surface area contributed by atoms with Gasteiger partial charge in [0.2, 0.25) is 0 Å². The molecule has 24 heavy (non-hydrogen) atoms. The standard InChI is InChI=1S/C18H26N4O2/c1-13(15-8-6-5-7-9-15)14(2)21-17(23)19-12-18(3,24)16-10-20-22(4)11-16/h5-11,13-14,24H,12H2,1-4H3,(H2,19,21,23). The maximum absolute atomic E-state index is 12.1. The number of hydrogen-bond donors (Lipinski definition) is 3. The van der Waals surface area contributed by atoms with Crippen LogP contribution in [0.5, 0.6) is 0 Å². The molecule has 3 unspecified atom stereocenters. The van der Waals surface area contributed by atoms with Crippen molar-refractivity contribution in [2.45, 2.75) is 38.3 Å². The van der Waals surface area contributed by atoms with Gasteiger partial charge in [0, 0.05) is 30.8 Å². The van der Waals surface area contributed by atoms with Crippen LogP contribution < -0.4 is 10.6 Å². The SMILES string of the molecule is CC(NC(=O)NCC(C)(O)c1cnn(C)c1)C(C)c1ccccc1. The zero-order valence-electron chi connectivity index (χ0n) is 14.7. The highest BCUT2D eigenvalue weighted by Gasteiger charge is 2.26. The molecular weight excluding hydrogens is 304 g/mol. The average molecular weight is 330 g/mol. The highest BCUT2D eigenvalue weighted by atomic mass is 16.3. The van der Waals surface area contributed by atoms with Gasteiger partial charge in [0.25, 0.3) is 0 Å². The van der Waals surface area contributed by atoms with Gasteiger partial charge in [-0.1, -0.05) is 37.3 Å². The van der Waals surface area contributed by atoms with Crippen LogP contribution >= 0.6 is 0 Å². The van der Waals surface area contributed by atoms with Gasteiger partial charge in [0.1, 0.15) is 5.60 Å². The normalized spacial score (nSPS) is 16.0. The Hall–Kier alpha value is -2.34. The Morgan fingerprint density at radius 1 is 1.33 bits per heavy atom. The lowest BCUT2D eigenvalue weighted by Gasteiger charge is -2.25. The molecule has 0 aliphatic rings. The van der Waals surface area contributed by atoms with Crippen molar-refractivity contribution in [3.63, 3.8) is 0 Å². The first-order valence-corrected chi connectivity index (χ1v) is 8.10. The Bertz CT molecular complexity index is 667. The second-order valence-electron chi connectivity index (χ2n) is 6.49. The Kier molecular flexibility index (Phi) is 5.62. The van der Waals surface area contributed by atoms with Gasteiger partial charge in [0.05, 0.1) is 12.7 Å². The molecule has 3 atom stereocenters. The van der Waals surface area contributed by atoms with Crippen molar-refractivity contribution < 1.29 is 9.90 Å². The van der Waals surface area contributed by atoms with E-state index in [4.69, 9.17) is 0 Å². The van der Waals surface area contributed by atoms with Gasteiger partial charge in [-0.05, 0) is 19.4 Å². The Morgan fingerprint density at radius 2 is 2.00 bits per heavy atom. The van der Waals surface area contributed by atoms with Crippen molar-refractivity contribution in [1.82, 2.24) is 20.4 Å². The first kappa shape index (κ1) is 18.0. The van der Waals surface area contributed by atoms with Crippen LogP contribution in [0.15, 0.2) is 42.7 Å². The van der Waals surface area contributed by atoms with Crippen LogP contribution in [0.25, 0.3) is 0 Å². The van der Waals surface area contributed by atoms with Gasteiger partial charge < -0.3 is 15.7 Å². The van der Waals surface area contributed by atoms with E-state index < -0.39 is 5.60 Å². The first-order valence-electron chi connectivity index (χ1n) is 8.10. The van der Waals surface area contributed by atoms with Gasteiger partial charge in [0.15, 0.2) is 0 Å². The molecule has 0 aliphatic carbocycles. The quantitative estimate of drug-likeness (QED) is 0.759. The minimum Gasteiger partial charge on any atom is -0.383 e. The van der Waals surface area contributed by atoms with E-state index in [2.05, 4.69) is 22.7 Å². The van der Waals surface area contributed by atoms with Gasteiger partial charge >= 0.3 is 6.03 Å². The van der Waals surface area contributed by atoms with E-state index in [1.165, 1.54) is 5.56 Å². The van der Waals surface area contributed by atoms with Gasteiger partial charge in [-0.3, -0.25) is 4.68 Å². The van der Waals surface area contributed by atoms with Crippen LogP contribution in [0, 0.1) is 0 Å². The molecule has 0 radical (unpaired) electrons. The van der Waals surface area contributed by atoms with Crippen LogP contribution in [-0.4, -0.2) is 33.5 Å². The molecule has 0 fully saturated rings. The number of aromatic nitrogens is 2. The summed E-state index contributed by atoms with van der Waals surface area (Å²) in [5, 5.41) is 20.2. The Balaban J connectivity index is 1.86. The summed E-state index contributed by atoms with van der Waals surface area (Å²) >= 11 is 0. The van der Waals surface area contributed by atoms with Gasteiger partial charge in [-0.15, -0.1) is 0 Å². The predicted molar refractivity (Wildman–Crippen MR) is 93.6 cm³/mol. The number of amides is 2. The van der Waals surface area contributed by atoms with E-state index in [0.717, 1.165) is 0 Å². The molecule has 3 N–H and O–H groups in total. The molecule has 130 valence electrons. The van der Waals surface area contributed by atoms with E-state index in [0.29, 0.717) is 5.56 Å². The number of urea groups is 1. The lowest BCUT2D eigenvalue weighted by molar-refractivity contribution is 0.0592. The molecule has 2 rings (SSSR count). The molecule has 0 bridgehead atoms. The minimum absolute atomic E-state index is 0.0317. The summed E-state index contributed by atoms with van der Waals surface area (Å²) in [5.74, 6) is 0.191. The molecule has 1 aromatic carbocycles. The highest BCUT2D eigenvalue weighted by Crippen LogP contribution is 2.19. The van der Waals surface area contributed by atoms with Crippen LogP contribution in [-0.2, 0) is 12.6 Å². The highest BCUT2D eigenvalue weighted by molar-refractivity contribution is 5.74. The third kappa shape index (κ3) is 4.58. The third-order valence-electron chi connectivity index (χ3n) is 4.35. The molecule has 1 heterocycles. The molecule has 1 aromatic heterocycles. The van der Waals surface area contributed by atoms with Crippen molar-refractivity contribution in [2.75, 3.05) is 6.54 Å². The topological polar surface area (TPSA) is 79.2 Å². The van der Waals surface area contributed by atoms with Crippen molar-refractivity contribution >= 4 is 6.03 Å². The number of carbonyl (C=O) groups excluding carboxylic acids is 1. The maximum atomic E-state index is 12.1. The molecule has 0 saturated carbocycles. The van der Waals surface area contributed by atoms with Gasteiger partial charge in [-0.25, -0.2) is 4.79 Å². The lowest BCUT2D eigenvalue weighted by Crippen LogP contribution is -2.47. The fourth-order valence-corrected chi connectivity index (χ4v) is 2.48. The summed E-state index contributed by atoms with van der Waals surface area (Å²) in [4.78, 5) is 12.1. The van der Waals surface area contributed by atoms with Crippen LogP contribution in [0.1, 0.15) is 37.8 Å².